The number of aliphatic hydroxyl groups excluding tert-OH is 1. The standard InChI is InChI=1S/C20H29N5O7/c1-11(17(28)24-14(20(31)32)9-12-5-3-2-4-6-12)23-19(30)15(10-26)25-18(29)13(21)7-8-16(22)27/h2-6,11,13-15,26H,7-10,21H2,1H3,(H2,22,27)(H,23,30)(H,24,28)(H,25,29)(H,31,32). The lowest BCUT2D eigenvalue weighted by Crippen LogP contribution is -2.57. The Morgan fingerprint density at radius 1 is 0.938 bits per heavy atom. The summed E-state index contributed by atoms with van der Waals surface area (Å²) in [6, 6.07) is 3.78. The molecule has 4 amide bonds. The third kappa shape index (κ3) is 9.10. The number of benzene rings is 1. The molecule has 32 heavy (non-hydrogen) atoms. The van der Waals surface area contributed by atoms with Crippen LogP contribution in [0.15, 0.2) is 30.3 Å². The largest absolute Gasteiger partial charge is 0.480 e. The Kier molecular flexibility index (Phi) is 10.8. The molecule has 0 fully saturated rings. The third-order valence-corrected chi connectivity index (χ3v) is 4.50. The number of carboxylic acids is 1. The van der Waals surface area contributed by atoms with Gasteiger partial charge in [0.05, 0.1) is 12.6 Å². The molecule has 0 saturated carbocycles. The van der Waals surface area contributed by atoms with E-state index >= 15 is 0 Å². The summed E-state index contributed by atoms with van der Waals surface area (Å²) in [7, 11) is 0. The lowest BCUT2D eigenvalue weighted by Gasteiger charge is -2.22. The van der Waals surface area contributed by atoms with E-state index in [1.807, 2.05) is 0 Å². The van der Waals surface area contributed by atoms with Crippen LogP contribution in [0.4, 0.5) is 0 Å². The Morgan fingerprint density at radius 2 is 1.53 bits per heavy atom. The van der Waals surface area contributed by atoms with Crippen molar-refractivity contribution < 1.29 is 34.2 Å². The molecular formula is C20H29N5O7. The van der Waals surface area contributed by atoms with Crippen molar-refractivity contribution in [1.82, 2.24) is 16.0 Å². The quantitative estimate of drug-likeness (QED) is 0.168. The number of primary amides is 1. The number of hydrogen-bond acceptors (Lipinski definition) is 7. The van der Waals surface area contributed by atoms with Gasteiger partial charge in [-0.1, -0.05) is 30.3 Å². The van der Waals surface area contributed by atoms with Gasteiger partial charge in [0.1, 0.15) is 18.1 Å². The van der Waals surface area contributed by atoms with Crippen molar-refractivity contribution in [3.8, 4) is 0 Å². The highest BCUT2D eigenvalue weighted by molar-refractivity contribution is 5.94. The van der Waals surface area contributed by atoms with E-state index in [4.69, 9.17) is 11.5 Å². The zero-order valence-electron chi connectivity index (χ0n) is 17.6. The van der Waals surface area contributed by atoms with Gasteiger partial charge in [0.25, 0.3) is 0 Å². The summed E-state index contributed by atoms with van der Waals surface area (Å²) < 4.78 is 0. The molecule has 0 heterocycles. The summed E-state index contributed by atoms with van der Waals surface area (Å²) in [6.07, 6.45) is -0.131. The van der Waals surface area contributed by atoms with Crippen molar-refractivity contribution in [2.24, 2.45) is 11.5 Å². The van der Waals surface area contributed by atoms with E-state index in [0.29, 0.717) is 5.56 Å². The number of carboxylic acid groups (broad SMARTS) is 1. The first-order valence-corrected chi connectivity index (χ1v) is 9.87. The summed E-state index contributed by atoms with van der Waals surface area (Å²) in [5, 5.41) is 25.7. The maximum Gasteiger partial charge on any atom is 0.326 e. The molecule has 4 unspecified atom stereocenters. The first kappa shape index (κ1) is 26.5. The number of nitrogens with two attached hydrogens (primary N) is 2. The molecule has 0 aliphatic rings. The second-order valence-corrected chi connectivity index (χ2v) is 7.17. The Balaban J connectivity index is 2.64. The number of aliphatic hydroxyl groups is 1. The SMILES string of the molecule is CC(NC(=O)C(CO)NC(=O)C(N)CCC(N)=O)C(=O)NC(Cc1ccccc1)C(=O)O. The van der Waals surface area contributed by atoms with Crippen molar-refractivity contribution in [3.05, 3.63) is 35.9 Å². The van der Waals surface area contributed by atoms with Crippen molar-refractivity contribution in [2.45, 2.75) is 50.4 Å². The number of rotatable bonds is 13. The summed E-state index contributed by atoms with van der Waals surface area (Å²) in [5.74, 6) is -4.31. The van der Waals surface area contributed by atoms with Crippen molar-refractivity contribution in [3.63, 3.8) is 0 Å². The molecule has 0 aromatic heterocycles. The maximum absolute atomic E-state index is 12.4. The number of amides is 4. The van der Waals surface area contributed by atoms with Crippen LogP contribution in [-0.2, 0) is 30.4 Å². The van der Waals surface area contributed by atoms with Gasteiger partial charge in [-0.05, 0) is 18.9 Å². The van der Waals surface area contributed by atoms with Crippen LogP contribution >= 0.6 is 0 Å². The summed E-state index contributed by atoms with van der Waals surface area (Å²) >= 11 is 0. The van der Waals surface area contributed by atoms with Gasteiger partial charge in [0.15, 0.2) is 0 Å². The predicted molar refractivity (Wildman–Crippen MR) is 113 cm³/mol. The van der Waals surface area contributed by atoms with Gasteiger partial charge in [-0.15, -0.1) is 0 Å². The van der Waals surface area contributed by atoms with Crippen LogP contribution in [0.1, 0.15) is 25.3 Å². The van der Waals surface area contributed by atoms with E-state index in [2.05, 4.69) is 16.0 Å². The minimum atomic E-state index is -1.41. The van der Waals surface area contributed by atoms with Crippen molar-refractivity contribution >= 4 is 29.6 Å². The normalized spacial score (nSPS) is 14.3. The molecule has 12 heteroatoms. The first-order chi connectivity index (χ1) is 15.0. The lowest BCUT2D eigenvalue weighted by atomic mass is 10.1. The molecule has 1 rings (SSSR count). The van der Waals surface area contributed by atoms with Crippen LogP contribution in [0.25, 0.3) is 0 Å². The van der Waals surface area contributed by atoms with Crippen molar-refractivity contribution in [2.75, 3.05) is 6.61 Å². The molecule has 12 nitrogen and oxygen atoms in total. The molecule has 4 atom stereocenters. The Labute approximate surface area is 184 Å². The second-order valence-electron chi connectivity index (χ2n) is 7.17. The van der Waals surface area contributed by atoms with Crippen LogP contribution in [-0.4, -0.2) is 70.6 Å². The highest BCUT2D eigenvalue weighted by atomic mass is 16.4. The fourth-order valence-corrected chi connectivity index (χ4v) is 2.63. The highest BCUT2D eigenvalue weighted by Crippen LogP contribution is 2.04. The molecule has 0 aliphatic carbocycles. The Bertz CT molecular complexity index is 818. The zero-order chi connectivity index (χ0) is 24.3. The van der Waals surface area contributed by atoms with E-state index in [1.54, 1.807) is 30.3 Å². The van der Waals surface area contributed by atoms with E-state index in [1.165, 1.54) is 6.92 Å². The Hall–Kier alpha value is -3.51. The average Bonchev–Trinajstić information content (AvgIpc) is 2.75. The van der Waals surface area contributed by atoms with Crippen LogP contribution < -0.4 is 27.4 Å². The van der Waals surface area contributed by atoms with Gasteiger partial charge in [0, 0.05) is 12.8 Å². The highest BCUT2D eigenvalue weighted by Gasteiger charge is 2.28. The Morgan fingerprint density at radius 3 is 2.06 bits per heavy atom. The fraction of sp³-hybridized carbons (Fsp3) is 0.450. The molecule has 1 aromatic carbocycles. The lowest BCUT2D eigenvalue weighted by molar-refractivity contribution is -0.142. The van der Waals surface area contributed by atoms with E-state index in [9.17, 15) is 34.2 Å². The zero-order valence-corrected chi connectivity index (χ0v) is 17.6. The molecular weight excluding hydrogens is 422 g/mol. The molecule has 0 spiro atoms. The van der Waals surface area contributed by atoms with E-state index in [0.717, 1.165) is 0 Å². The van der Waals surface area contributed by atoms with Gasteiger partial charge in [0.2, 0.25) is 23.6 Å². The predicted octanol–water partition coefficient (Wildman–Crippen LogP) is -2.63. The first-order valence-electron chi connectivity index (χ1n) is 9.87. The summed E-state index contributed by atoms with van der Waals surface area (Å²) in [4.78, 5) is 59.0. The maximum atomic E-state index is 12.4. The summed E-state index contributed by atoms with van der Waals surface area (Å²) in [6.45, 7) is 0.545. The summed E-state index contributed by atoms with van der Waals surface area (Å²) in [5.41, 5.74) is 11.3. The van der Waals surface area contributed by atoms with Crippen LogP contribution in [0.3, 0.4) is 0 Å². The van der Waals surface area contributed by atoms with Crippen LogP contribution in [0.5, 0.6) is 0 Å². The third-order valence-electron chi connectivity index (χ3n) is 4.50. The second kappa shape index (κ2) is 13.0. The van der Waals surface area contributed by atoms with Crippen LogP contribution in [0, 0.1) is 0 Å². The number of hydrogen-bond donors (Lipinski definition) is 7. The molecule has 0 radical (unpaired) electrons. The van der Waals surface area contributed by atoms with Gasteiger partial charge in [-0.2, -0.15) is 0 Å². The number of nitrogens with one attached hydrogen (secondary N) is 3. The minimum absolute atomic E-state index is 0.0428. The number of carbonyl (C=O) groups is 5. The average molecular weight is 451 g/mol. The monoisotopic (exact) mass is 451 g/mol. The van der Waals surface area contributed by atoms with E-state index < -0.39 is 60.4 Å². The molecule has 1 aromatic rings. The smallest absolute Gasteiger partial charge is 0.326 e. The van der Waals surface area contributed by atoms with Gasteiger partial charge in [-0.3, -0.25) is 19.2 Å². The fourth-order valence-electron chi connectivity index (χ4n) is 2.63. The molecule has 0 bridgehead atoms. The van der Waals surface area contributed by atoms with Gasteiger partial charge < -0.3 is 37.6 Å². The number of aliphatic carboxylic acids is 1. The number of carbonyl (C=O) groups excluding carboxylic acids is 4. The van der Waals surface area contributed by atoms with Crippen molar-refractivity contribution in [1.29, 1.82) is 0 Å². The van der Waals surface area contributed by atoms with Gasteiger partial charge >= 0.3 is 5.97 Å². The molecule has 9 N–H and O–H groups in total. The van der Waals surface area contributed by atoms with Gasteiger partial charge in [-0.25, -0.2) is 4.79 Å². The molecule has 176 valence electrons. The topological polar surface area (TPSA) is 214 Å². The van der Waals surface area contributed by atoms with E-state index in [-0.39, 0.29) is 19.3 Å². The van der Waals surface area contributed by atoms with Crippen LogP contribution in [0.2, 0.25) is 0 Å². The molecule has 0 aliphatic heterocycles. The minimum Gasteiger partial charge on any atom is -0.480 e. The molecule has 0 saturated heterocycles.